The largest absolute Gasteiger partial charge is 0.381 e. The number of piperidine rings is 1. The first kappa shape index (κ1) is 6.05. The summed E-state index contributed by atoms with van der Waals surface area (Å²) in [7, 11) is 1.77. The average Bonchev–Trinajstić information content (AvgIpc) is 1.90. The smallest absolute Gasteiger partial charge is 0.0596 e. The topological polar surface area (TPSA) is 23.3 Å². The third-order valence-electron chi connectivity index (χ3n) is 1.55. The Kier molecular flexibility index (Phi) is 2.30. The van der Waals surface area contributed by atoms with Crippen LogP contribution in [0.5, 0.6) is 0 Å². The molecule has 1 radical (unpaired) electrons. The number of methoxy groups -OCH3 is 1. The van der Waals surface area contributed by atoms with Gasteiger partial charge in [0.1, 0.15) is 0 Å². The van der Waals surface area contributed by atoms with Gasteiger partial charge in [0, 0.05) is 20.2 Å². The van der Waals surface area contributed by atoms with Crippen molar-refractivity contribution in [3.8, 4) is 0 Å². The lowest BCUT2D eigenvalue weighted by Gasteiger charge is -2.19. The van der Waals surface area contributed by atoms with Crippen LogP contribution < -0.4 is 5.32 Å². The second-order valence-corrected chi connectivity index (χ2v) is 2.11. The molecule has 0 aromatic heterocycles. The van der Waals surface area contributed by atoms with Gasteiger partial charge in [-0.3, -0.25) is 0 Å². The van der Waals surface area contributed by atoms with Gasteiger partial charge in [-0.1, -0.05) is 0 Å². The van der Waals surface area contributed by atoms with Crippen molar-refractivity contribution in [3.05, 3.63) is 0 Å². The lowest BCUT2D eigenvalue weighted by Crippen LogP contribution is -2.27. The summed E-state index contributed by atoms with van der Waals surface area (Å²) in [6.07, 6.45) is 2.74. The Labute approximate surface area is 50.2 Å². The van der Waals surface area contributed by atoms with E-state index in [0.717, 1.165) is 25.9 Å². The van der Waals surface area contributed by atoms with Crippen LogP contribution in [-0.4, -0.2) is 26.3 Å². The van der Waals surface area contributed by atoms with Gasteiger partial charge in [-0.15, -0.1) is 0 Å². The summed E-state index contributed by atoms with van der Waals surface area (Å²) in [5.74, 6) is 0. The molecular formula is C6H12NO. The summed E-state index contributed by atoms with van der Waals surface area (Å²) in [6, 6.07) is 0. The summed E-state index contributed by atoms with van der Waals surface area (Å²) in [5, 5.41) is 4.20. The zero-order chi connectivity index (χ0) is 5.82. The van der Waals surface area contributed by atoms with Crippen molar-refractivity contribution >= 4 is 0 Å². The Morgan fingerprint density at radius 1 is 1.38 bits per heavy atom. The lowest BCUT2D eigenvalue weighted by molar-refractivity contribution is 0.0757. The maximum Gasteiger partial charge on any atom is 0.0596 e. The molecule has 0 amide bonds. The molecule has 0 aromatic carbocycles. The summed E-state index contributed by atoms with van der Waals surface area (Å²) >= 11 is 0. The predicted molar refractivity (Wildman–Crippen MR) is 31.9 cm³/mol. The van der Waals surface area contributed by atoms with E-state index >= 15 is 0 Å². The van der Waals surface area contributed by atoms with E-state index in [1.54, 1.807) is 7.11 Å². The third kappa shape index (κ3) is 1.46. The van der Waals surface area contributed by atoms with E-state index in [0.29, 0.717) is 6.10 Å². The van der Waals surface area contributed by atoms with E-state index in [1.165, 1.54) is 0 Å². The molecule has 1 heterocycles. The monoisotopic (exact) mass is 114 g/mol. The molecule has 8 heavy (non-hydrogen) atoms. The van der Waals surface area contributed by atoms with Gasteiger partial charge < -0.3 is 4.74 Å². The molecule has 0 atom stereocenters. The van der Waals surface area contributed by atoms with Crippen molar-refractivity contribution in [2.24, 2.45) is 0 Å². The van der Waals surface area contributed by atoms with Crippen molar-refractivity contribution in [1.82, 2.24) is 5.32 Å². The Bertz CT molecular complexity index is 59.5. The first-order valence-electron chi connectivity index (χ1n) is 3.09. The van der Waals surface area contributed by atoms with E-state index < -0.39 is 0 Å². The van der Waals surface area contributed by atoms with Crippen LogP contribution in [0.2, 0.25) is 0 Å². The normalized spacial score (nSPS) is 23.6. The second-order valence-electron chi connectivity index (χ2n) is 2.11. The van der Waals surface area contributed by atoms with Crippen molar-refractivity contribution in [1.29, 1.82) is 0 Å². The molecule has 0 saturated carbocycles. The lowest BCUT2D eigenvalue weighted by atomic mass is 10.1. The summed E-state index contributed by atoms with van der Waals surface area (Å²) < 4.78 is 5.13. The first-order chi connectivity index (χ1) is 3.93. The van der Waals surface area contributed by atoms with E-state index in [4.69, 9.17) is 4.74 Å². The molecule has 0 unspecified atom stereocenters. The molecule has 1 aliphatic rings. The number of hydrogen-bond acceptors (Lipinski definition) is 1. The van der Waals surface area contributed by atoms with Crippen LogP contribution in [0.1, 0.15) is 12.8 Å². The number of rotatable bonds is 1. The van der Waals surface area contributed by atoms with Crippen molar-refractivity contribution in [3.63, 3.8) is 0 Å². The fraction of sp³-hybridized carbons (Fsp3) is 1.00. The summed E-state index contributed by atoms with van der Waals surface area (Å²) in [5.41, 5.74) is 0. The molecule has 0 N–H and O–H groups in total. The predicted octanol–water partition coefficient (Wildman–Crippen LogP) is 0.400. The fourth-order valence-corrected chi connectivity index (χ4v) is 0.962. The molecule has 0 bridgehead atoms. The molecule has 2 heteroatoms. The molecule has 0 aromatic rings. The molecule has 2 nitrogen and oxygen atoms in total. The molecule has 1 fully saturated rings. The van der Waals surface area contributed by atoms with Crippen LogP contribution in [0.25, 0.3) is 0 Å². The van der Waals surface area contributed by atoms with E-state index in [1.807, 2.05) is 0 Å². The summed E-state index contributed by atoms with van der Waals surface area (Å²) in [4.78, 5) is 0. The zero-order valence-electron chi connectivity index (χ0n) is 5.26. The molecule has 1 saturated heterocycles. The van der Waals surface area contributed by atoms with Crippen LogP contribution in [0.4, 0.5) is 0 Å². The van der Waals surface area contributed by atoms with Crippen molar-refractivity contribution < 1.29 is 4.74 Å². The van der Waals surface area contributed by atoms with E-state index in [9.17, 15) is 0 Å². The minimum absolute atomic E-state index is 0.493. The quantitative estimate of drug-likeness (QED) is 0.484. The minimum Gasteiger partial charge on any atom is -0.381 e. The van der Waals surface area contributed by atoms with Crippen molar-refractivity contribution in [2.75, 3.05) is 20.2 Å². The van der Waals surface area contributed by atoms with Gasteiger partial charge in [0.2, 0.25) is 0 Å². The van der Waals surface area contributed by atoms with Crippen LogP contribution in [0.3, 0.4) is 0 Å². The van der Waals surface area contributed by atoms with E-state index in [2.05, 4.69) is 5.32 Å². The Morgan fingerprint density at radius 3 is 2.38 bits per heavy atom. The minimum atomic E-state index is 0.493. The standard InChI is InChI=1S/C6H12NO/c1-8-6-2-4-7-5-3-6/h6H,2-5H2,1H3. The van der Waals surface area contributed by atoms with Gasteiger partial charge in [-0.2, -0.15) is 0 Å². The highest BCUT2D eigenvalue weighted by atomic mass is 16.5. The molecular weight excluding hydrogens is 102 g/mol. The molecule has 1 aliphatic heterocycles. The van der Waals surface area contributed by atoms with E-state index in [-0.39, 0.29) is 0 Å². The highest BCUT2D eigenvalue weighted by Crippen LogP contribution is 2.05. The SMILES string of the molecule is COC1CC[N]CC1. The maximum absolute atomic E-state index is 5.13. The Morgan fingerprint density at radius 2 is 2.00 bits per heavy atom. The van der Waals surface area contributed by atoms with Crippen LogP contribution >= 0.6 is 0 Å². The number of ether oxygens (including phenoxy) is 1. The number of nitrogens with zero attached hydrogens (tertiary/aromatic N) is 1. The maximum atomic E-state index is 5.13. The van der Waals surface area contributed by atoms with Gasteiger partial charge in [0.05, 0.1) is 6.10 Å². The van der Waals surface area contributed by atoms with Crippen LogP contribution in [-0.2, 0) is 4.74 Å². The zero-order valence-corrected chi connectivity index (χ0v) is 5.26. The third-order valence-corrected chi connectivity index (χ3v) is 1.55. The average molecular weight is 114 g/mol. The number of hydrogen-bond donors (Lipinski definition) is 0. The Hall–Kier alpha value is -0.0800. The van der Waals surface area contributed by atoms with Gasteiger partial charge in [-0.05, 0) is 12.8 Å². The van der Waals surface area contributed by atoms with Crippen LogP contribution in [0, 0.1) is 0 Å². The first-order valence-corrected chi connectivity index (χ1v) is 3.09. The highest BCUT2D eigenvalue weighted by Gasteiger charge is 2.10. The van der Waals surface area contributed by atoms with Crippen molar-refractivity contribution in [2.45, 2.75) is 18.9 Å². The second kappa shape index (κ2) is 3.05. The van der Waals surface area contributed by atoms with Gasteiger partial charge in [-0.25, -0.2) is 5.32 Å². The molecule has 0 spiro atoms. The summed E-state index contributed by atoms with van der Waals surface area (Å²) in [6.45, 7) is 2.00. The molecule has 47 valence electrons. The van der Waals surface area contributed by atoms with Gasteiger partial charge in [0.15, 0.2) is 0 Å². The molecule has 1 rings (SSSR count). The Balaban J connectivity index is 2.13. The fourth-order valence-electron chi connectivity index (χ4n) is 0.962. The molecule has 0 aliphatic carbocycles. The van der Waals surface area contributed by atoms with Crippen LogP contribution in [0.15, 0.2) is 0 Å². The van der Waals surface area contributed by atoms with Gasteiger partial charge >= 0.3 is 0 Å². The highest BCUT2D eigenvalue weighted by molar-refractivity contribution is 4.66. The van der Waals surface area contributed by atoms with Gasteiger partial charge in [0.25, 0.3) is 0 Å².